The molecule has 4 rings (SSSR count). The molecule has 0 fully saturated rings. The average Bonchev–Trinajstić information content (AvgIpc) is 2.56. The summed E-state index contributed by atoms with van der Waals surface area (Å²) in [4.78, 5) is 2.59. The fourth-order valence-corrected chi connectivity index (χ4v) is 3.78. The number of fused-ring (bicyclic) bond motifs is 2. The molecule has 4 heteroatoms. The molecule has 1 nitrogen and oxygen atoms in total. The van der Waals surface area contributed by atoms with Gasteiger partial charge in [-0.05, 0) is 81.6 Å². The van der Waals surface area contributed by atoms with E-state index in [9.17, 15) is 0 Å². The van der Waals surface area contributed by atoms with Gasteiger partial charge in [-0.3, -0.25) is 0 Å². The van der Waals surface area contributed by atoms with Gasteiger partial charge in [0.05, 0.1) is 11.4 Å². The summed E-state index contributed by atoms with van der Waals surface area (Å²) in [6.45, 7) is 0. The number of hydrogen-bond acceptors (Lipinski definition) is 2. The molecular formula is C18H13I2NS. The SMILES string of the molecule is Ic1ccccc1I.c1ccc2c(c1)Nc1ccccc1S2. The van der Waals surface area contributed by atoms with E-state index in [1.54, 1.807) is 0 Å². The summed E-state index contributed by atoms with van der Waals surface area (Å²) >= 11 is 6.45. The lowest BCUT2D eigenvalue weighted by molar-refractivity contribution is 1.32. The first-order chi connectivity index (χ1) is 10.7. The molecule has 1 heterocycles. The van der Waals surface area contributed by atoms with Crippen molar-refractivity contribution in [3.63, 3.8) is 0 Å². The lowest BCUT2D eigenvalue weighted by atomic mass is 10.2. The molecular weight excluding hydrogens is 516 g/mol. The molecule has 1 aliphatic heterocycles. The minimum absolute atomic E-state index is 1.20. The second-order valence-corrected chi connectivity index (χ2v) is 8.04. The van der Waals surface area contributed by atoms with Crippen LogP contribution in [0.4, 0.5) is 11.4 Å². The van der Waals surface area contributed by atoms with Crippen LogP contribution in [-0.2, 0) is 0 Å². The van der Waals surface area contributed by atoms with Gasteiger partial charge in [0.25, 0.3) is 0 Å². The van der Waals surface area contributed by atoms with Crippen LogP contribution in [-0.4, -0.2) is 0 Å². The maximum Gasteiger partial charge on any atom is 0.0526 e. The second kappa shape index (κ2) is 7.70. The Morgan fingerprint density at radius 3 is 1.45 bits per heavy atom. The van der Waals surface area contributed by atoms with Crippen LogP contribution in [0.15, 0.2) is 82.6 Å². The number of rotatable bonds is 0. The van der Waals surface area contributed by atoms with Crippen LogP contribution in [0.1, 0.15) is 0 Å². The van der Waals surface area contributed by atoms with E-state index < -0.39 is 0 Å². The lowest BCUT2D eigenvalue weighted by Gasteiger charge is -2.19. The molecule has 0 saturated heterocycles. The maximum absolute atomic E-state index is 3.42. The minimum Gasteiger partial charge on any atom is -0.354 e. The molecule has 0 spiro atoms. The Morgan fingerprint density at radius 1 is 0.591 bits per heavy atom. The van der Waals surface area contributed by atoms with Gasteiger partial charge in [0.1, 0.15) is 0 Å². The van der Waals surface area contributed by atoms with Gasteiger partial charge in [0.2, 0.25) is 0 Å². The topological polar surface area (TPSA) is 12.0 Å². The summed E-state index contributed by atoms with van der Waals surface area (Å²) in [5.74, 6) is 0. The van der Waals surface area contributed by atoms with E-state index >= 15 is 0 Å². The molecule has 3 aromatic rings. The standard InChI is InChI=1S/C12H9NS.C6H4I2/c1-3-7-11-9(5-1)13-10-6-2-4-8-12(10)14-11;7-5-3-1-2-4-6(5)8/h1-8,13H;1-4H. The summed E-state index contributed by atoms with van der Waals surface area (Å²) < 4.78 is 2.65. The zero-order valence-electron chi connectivity index (χ0n) is 11.6. The highest BCUT2D eigenvalue weighted by Gasteiger charge is 2.13. The van der Waals surface area contributed by atoms with Crippen molar-refractivity contribution in [2.75, 3.05) is 5.32 Å². The van der Waals surface area contributed by atoms with Crippen LogP contribution in [0, 0.1) is 7.14 Å². The predicted octanol–water partition coefficient (Wildman–Crippen LogP) is 6.79. The van der Waals surface area contributed by atoms with Crippen molar-refractivity contribution in [1.82, 2.24) is 0 Å². The van der Waals surface area contributed by atoms with Crippen molar-refractivity contribution in [2.45, 2.75) is 9.79 Å². The Hall–Kier alpha value is -0.730. The monoisotopic (exact) mass is 529 g/mol. The highest BCUT2D eigenvalue weighted by molar-refractivity contribution is 14.1. The Balaban J connectivity index is 0.000000154. The van der Waals surface area contributed by atoms with Gasteiger partial charge in [-0.25, -0.2) is 0 Å². The highest BCUT2D eigenvalue weighted by atomic mass is 127. The van der Waals surface area contributed by atoms with E-state index in [2.05, 4.69) is 111 Å². The first-order valence-electron chi connectivity index (χ1n) is 6.77. The van der Waals surface area contributed by atoms with E-state index in [1.807, 2.05) is 23.9 Å². The Morgan fingerprint density at radius 2 is 1.00 bits per heavy atom. The average molecular weight is 529 g/mol. The molecule has 22 heavy (non-hydrogen) atoms. The third-order valence-electron chi connectivity index (χ3n) is 3.09. The predicted molar refractivity (Wildman–Crippen MR) is 112 cm³/mol. The van der Waals surface area contributed by atoms with E-state index in [1.165, 1.54) is 28.3 Å². The van der Waals surface area contributed by atoms with Crippen LogP contribution in [0.2, 0.25) is 0 Å². The normalized spacial score (nSPS) is 11.4. The molecule has 3 aromatic carbocycles. The number of anilines is 2. The lowest BCUT2D eigenvalue weighted by Crippen LogP contribution is -1.98. The molecule has 0 bridgehead atoms. The number of nitrogens with one attached hydrogen (secondary N) is 1. The van der Waals surface area contributed by atoms with Crippen molar-refractivity contribution in [3.8, 4) is 0 Å². The largest absolute Gasteiger partial charge is 0.354 e. The summed E-state index contributed by atoms with van der Waals surface area (Å²) in [6, 6.07) is 25.0. The molecule has 0 aromatic heterocycles. The molecule has 110 valence electrons. The molecule has 0 amide bonds. The van der Waals surface area contributed by atoms with Crippen molar-refractivity contribution < 1.29 is 0 Å². The third-order valence-corrected chi connectivity index (χ3v) is 7.15. The van der Waals surface area contributed by atoms with Gasteiger partial charge in [-0.15, -0.1) is 0 Å². The zero-order valence-corrected chi connectivity index (χ0v) is 16.7. The Kier molecular flexibility index (Phi) is 5.65. The van der Waals surface area contributed by atoms with Gasteiger partial charge >= 0.3 is 0 Å². The number of hydrogen-bond donors (Lipinski definition) is 1. The van der Waals surface area contributed by atoms with Gasteiger partial charge in [-0.1, -0.05) is 48.2 Å². The Bertz CT molecular complexity index is 681. The maximum atomic E-state index is 3.42. The van der Waals surface area contributed by atoms with Crippen LogP contribution in [0.3, 0.4) is 0 Å². The molecule has 0 atom stereocenters. The molecule has 0 unspecified atom stereocenters. The van der Waals surface area contributed by atoms with Crippen molar-refractivity contribution in [2.24, 2.45) is 0 Å². The highest BCUT2D eigenvalue weighted by Crippen LogP contribution is 2.43. The molecule has 1 aliphatic rings. The van der Waals surface area contributed by atoms with Crippen molar-refractivity contribution >= 4 is 68.3 Å². The Labute approximate surface area is 162 Å². The number of benzene rings is 3. The number of para-hydroxylation sites is 2. The second-order valence-electron chi connectivity index (χ2n) is 4.63. The summed E-state index contributed by atoms with van der Waals surface area (Å²) in [5, 5.41) is 3.42. The van der Waals surface area contributed by atoms with E-state index in [0.29, 0.717) is 0 Å². The fraction of sp³-hybridized carbons (Fsp3) is 0. The van der Waals surface area contributed by atoms with Crippen molar-refractivity contribution in [1.29, 1.82) is 0 Å². The van der Waals surface area contributed by atoms with Crippen molar-refractivity contribution in [3.05, 3.63) is 79.9 Å². The van der Waals surface area contributed by atoms with Crippen LogP contribution >= 0.6 is 56.9 Å². The van der Waals surface area contributed by atoms with Gasteiger partial charge in [0.15, 0.2) is 0 Å². The summed E-state index contributed by atoms with van der Waals surface area (Å²) in [5.41, 5.74) is 2.41. The minimum atomic E-state index is 1.20. The molecule has 0 aliphatic carbocycles. The quantitative estimate of drug-likeness (QED) is 0.252. The molecule has 0 saturated carbocycles. The summed E-state index contributed by atoms with van der Waals surface area (Å²) in [7, 11) is 0. The van der Waals surface area contributed by atoms with E-state index in [0.717, 1.165) is 0 Å². The van der Waals surface area contributed by atoms with Crippen LogP contribution in [0.5, 0.6) is 0 Å². The van der Waals surface area contributed by atoms with Crippen LogP contribution in [0.25, 0.3) is 0 Å². The van der Waals surface area contributed by atoms with E-state index in [-0.39, 0.29) is 0 Å². The molecule has 1 N–H and O–H groups in total. The number of halogens is 2. The van der Waals surface area contributed by atoms with Crippen LogP contribution < -0.4 is 5.32 Å². The zero-order chi connectivity index (χ0) is 15.4. The summed E-state index contributed by atoms with van der Waals surface area (Å²) in [6.07, 6.45) is 0. The van der Waals surface area contributed by atoms with Gasteiger partial charge in [0, 0.05) is 16.9 Å². The fourth-order valence-electron chi connectivity index (χ4n) is 2.02. The smallest absolute Gasteiger partial charge is 0.0526 e. The third kappa shape index (κ3) is 3.97. The van der Waals surface area contributed by atoms with Gasteiger partial charge < -0.3 is 5.32 Å². The first kappa shape index (κ1) is 16.1. The molecule has 0 radical (unpaired) electrons. The first-order valence-corrected chi connectivity index (χ1v) is 9.74. The van der Waals surface area contributed by atoms with E-state index in [4.69, 9.17) is 0 Å². The van der Waals surface area contributed by atoms with Gasteiger partial charge in [-0.2, -0.15) is 0 Å².